The number of aryl methyl sites for hydroxylation is 1. The summed E-state index contributed by atoms with van der Waals surface area (Å²) in [5.41, 5.74) is 4.08. The number of amides is 1. The van der Waals surface area contributed by atoms with E-state index in [1.165, 1.54) is 6.07 Å². The fourth-order valence-electron chi connectivity index (χ4n) is 3.65. The van der Waals surface area contributed by atoms with Gasteiger partial charge in [0, 0.05) is 5.56 Å². The van der Waals surface area contributed by atoms with Crippen molar-refractivity contribution in [3.05, 3.63) is 58.9 Å². The summed E-state index contributed by atoms with van der Waals surface area (Å²) in [6, 6.07) is 10.9. The second kappa shape index (κ2) is 5.93. The lowest BCUT2D eigenvalue weighted by Gasteiger charge is -2.27. The van der Waals surface area contributed by atoms with Gasteiger partial charge in [-0.2, -0.15) is 0 Å². The van der Waals surface area contributed by atoms with E-state index < -0.39 is 12.1 Å². The predicted molar refractivity (Wildman–Crippen MR) is 92.6 cm³/mol. The lowest BCUT2D eigenvalue weighted by molar-refractivity contribution is 0.175. The van der Waals surface area contributed by atoms with Gasteiger partial charge in [0.15, 0.2) is 0 Å². The third-order valence-corrected chi connectivity index (χ3v) is 4.88. The molecule has 0 saturated carbocycles. The molecule has 0 unspecified atom stereocenters. The molecule has 0 spiro atoms. The average molecular weight is 327 g/mol. The summed E-state index contributed by atoms with van der Waals surface area (Å²) in [6.07, 6.45) is 0.535. The Morgan fingerprint density at radius 2 is 2.08 bits per heavy atom. The predicted octanol–water partition coefficient (Wildman–Crippen LogP) is 4.95. The lowest BCUT2D eigenvalue weighted by atomic mass is 9.85. The van der Waals surface area contributed by atoms with Gasteiger partial charge in [0.05, 0.1) is 6.04 Å². The highest BCUT2D eigenvalue weighted by atomic mass is 19.1. The molecule has 0 saturated heterocycles. The van der Waals surface area contributed by atoms with Crippen LogP contribution in [0.2, 0.25) is 0 Å². The van der Waals surface area contributed by atoms with Crippen molar-refractivity contribution in [2.24, 2.45) is 5.41 Å². The van der Waals surface area contributed by atoms with Crippen molar-refractivity contribution < 1.29 is 14.3 Å². The third-order valence-electron chi connectivity index (χ3n) is 4.88. The summed E-state index contributed by atoms with van der Waals surface area (Å²) in [5.74, 6) is -0.308. The van der Waals surface area contributed by atoms with Crippen LogP contribution in [0.1, 0.15) is 43.5 Å². The smallest absolute Gasteiger partial charge is 0.405 e. The van der Waals surface area contributed by atoms with Crippen LogP contribution in [-0.4, -0.2) is 11.2 Å². The Bertz CT molecular complexity index is 798. The number of hydrogen-bond donors (Lipinski definition) is 2. The normalized spacial score (nSPS) is 18.2. The Morgan fingerprint density at radius 3 is 2.75 bits per heavy atom. The monoisotopic (exact) mass is 327 g/mol. The van der Waals surface area contributed by atoms with Gasteiger partial charge in [-0.3, -0.25) is 0 Å². The van der Waals surface area contributed by atoms with Crippen LogP contribution in [0.3, 0.4) is 0 Å². The minimum Gasteiger partial charge on any atom is -0.465 e. The minimum atomic E-state index is -1.08. The molecule has 3 rings (SSSR count). The molecule has 1 aliphatic rings. The molecule has 3 nitrogen and oxygen atoms in total. The van der Waals surface area contributed by atoms with Crippen molar-refractivity contribution in [1.29, 1.82) is 0 Å². The van der Waals surface area contributed by atoms with Crippen LogP contribution in [0.4, 0.5) is 9.18 Å². The Balaban J connectivity index is 2.07. The van der Waals surface area contributed by atoms with Gasteiger partial charge in [0.25, 0.3) is 0 Å². The highest BCUT2D eigenvalue weighted by Gasteiger charge is 2.40. The Kier molecular flexibility index (Phi) is 4.08. The van der Waals surface area contributed by atoms with Crippen LogP contribution in [0, 0.1) is 11.2 Å². The van der Waals surface area contributed by atoms with Crippen molar-refractivity contribution in [2.45, 2.75) is 39.7 Å². The first-order valence-electron chi connectivity index (χ1n) is 8.23. The Hall–Kier alpha value is -2.36. The molecule has 2 aromatic rings. The van der Waals surface area contributed by atoms with E-state index in [1.54, 1.807) is 0 Å². The molecular formula is C20H22FNO2. The van der Waals surface area contributed by atoms with E-state index in [-0.39, 0.29) is 11.2 Å². The summed E-state index contributed by atoms with van der Waals surface area (Å²) in [5, 5.41) is 11.6. The third kappa shape index (κ3) is 2.88. The van der Waals surface area contributed by atoms with Gasteiger partial charge < -0.3 is 10.4 Å². The number of hydrogen-bond acceptors (Lipinski definition) is 1. The number of fused-ring (bicyclic) bond motifs is 1. The SMILES string of the molecule is CCc1cccc(-c2cc3c(cc2F)[C@H](NC(=O)O)C(C)(C)C3)c1. The number of carboxylic acid groups (broad SMARTS) is 1. The highest BCUT2D eigenvalue weighted by molar-refractivity contribution is 5.69. The first-order valence-corrected chi connectivity index (χ1v) is 8.23. The van der Waals surface area contributed by atoms with E-state index >= 15 is 0 Å². The van der Waals surface area contributed by atoms with Crippen LogP contribution in [0.15, 0.2) is 36.4 Å². The van der Waals surface area contributed by atoms with Crippen molar-refractivity contribution in [2.75, 3.05) is 0 Å². The summed E-state index contributed by atoms with van der Waals surface area (Å²) < 4.78 is 14.8. The van der Waals surface area contributed by atoms with E-state index in [0.717, 1.165) is 28.7 Å². The summed E-state index contributed by atoms with van der Waals surface area (Å²) >= 11 is 0. The van der Waals surface area contributed by atoms with Gasteiger partial charge in [0.1, 0.15) is 5.82 Å². The van der Waals surface area contributed by atoms with E-state index in [1.807, 2.05) is 44.2 Å². The number of nitrogens with one attached hydrogen (secondary N) is 1. The van der Waals surface area contributed by atoms with E-state index in [4.69, 9.17) is 5.11 Å². The van der Waals surface area contributed by atoms with E-state index in [9.17, 15) is 9.18 Å². The fourth-order valence-corrected chi connectivity index (χ4v) is 3.65. The van der Waals surface area contributed by atoms with Gasteiger partial charge in [-0.25, -0.2) is 9.18 Å². The molecule has 2 aromatic carbocycles. The largest absolute Gasteiger partial charge is 0.465 e. The maximum absolute atomic E-state index is 14.8. The molecule has 0 bridgehead atoms. The lowest BCUT2D eigenvalue weighted by Crippen LogP contribution is -2.34. The molecule has 0 aromatic heterocycles. The molecule has 1 amide bonds. The molecule has 0 heterocycles. The highest BCUT2D eigenvalue weighted by Crippen LogP contribution is 2.46. The number of halogens is 1. The van der Waals surface area contributed by atoms with E-state index in [0.29, 0.717) is 12.0 Å². The standard InChI is InChI=1S/C20H22FNO2/c1-4-12-6-5-7-13(8-12)15-9-14-11-20(2,3)18(22-19(23)24)16(14)10-17(15)21/h5-10,18,22H,4,11H2,1-3H3,(H,23,24)/t18-/m0/s1. The second-order valence-electron chi connectivity index (χ2n) is 7.13. The maximum atomic E-state index is 14.8. The first-order chi connectivity index (χ1) is 11.3. The fraction of sp³-hybridized carbons (Fsp3) is 0.350. The topological polar surface area (TPSA) is 49.3 Å². The summed E-state index contributed by atoms with van der Waals surface area (Å²) in [6.45, 7) is 6.08. The van der Waals surface area contributed by atoms with Crippen LogP contribution < -0.4 is 5.32 Å². The minimum absolute atomic E-state index is 0.281. The average Bonchev–Trinajstić information content (AvgIpc) is 2.76. The van der Waals surface area contributed by atoms with Gasteiger partial charge in [-0.05, 0) is 52.6 Å². The van der Waals surface area contributed by atoms with Crippen LogP contribution >= 0.6 is 0 Å². The van der Waals surface area contributed by atoms with Crippen molar-refractivity contribution in [1.82, 2.24) is 5.32 Å². The zero-order valence-electron chi connectivity index (χ0n) is 14.2. The van der Waals surface area contributed by atoms with Crippen molar-refractivity contribution in [3.8, 4) is 11.1 Å². The molecular weight excluding hydrogens is 305 g/mol. The van der Waals surface area contributed by atoms with Gasteiger partial charge in [-0.1, -0.05) is 45.0 Å². The van der Waals surface area contributed by atoms with Crippen LogP contribution in [0.5, 0.6) is 0 Å². The quantitative estimate of drug-likeness (QED) is 0.838. The second-order valence-corrected chi connectivity index (χ2v) is 7.13. The molecule has 1 atom stereocenters. The summed E-state index contributed by atoms with van der Waals surface area (Å²) in [7, 11) is 0. The van der Waals surface area contributed by atoms with Gasteiger partial charge in [0.2, 0.25) is 0 Å². The molecule has 0 radical (unpaired) electrons. The molecule has 24 heavy (non-hydrogen) atoms. The molecule has 0 aliphatic heterocycles. The zero-order valence-corrected chi connectivity index (χ0v) is 14.2. The summed E-state index contributed by atoms with van der Waals surface area (Å²) in [4.78, 5) is 11.1. The molecule has 0 fully saturated rings. The maximum Gasteiger partial charge on any atom is 0.405 e. The number of benzene rings is 2. The molecule has 2 N–H and O–H groups in total. The first kappa shape index (κ1) is 16.5. The van der Waals surface area contributed by atoms with Gasteiger partial charge in [-0.15, -0.1) is 0 Å². The van der Waals surface area contributed by atoms with Crippen molar-refractivity contribution in [3.63, 3.8) is 0 Å². The Labute approximate surface area is 141 Å². The Morgan fingerprint density at radius 1 is 1.33 bits per heavy atom. The molecule has 126 valence electrons. The zero-order chi connectivity index (χ0) is 17.5. The van der Waals surface area contributed by atoms with Crippen molar-refractivity contribution >= 4 is 6.09 Å². The molecule has 4 heteroatoms. The van der Waals surface area contributed by atoms with Crippen LogP contribution in [0.25, 0.3) is 11.1 Å². The van der Waals surface area contributed by atoms with Gasteiger partial charge >= 0.3 is 6.09 Å². The number of rotatable bonds is 3. The number of carbonyl (C=O) groups is 1. The molecule has 1 aliphatic carbocycles. The van der Waals surface area contributed by atoms with Crippen LogP contribution in [-0.2, 0) is 12.8 Å². The van der Waals surface area contributed by atoms with E-state index in [2.05, 4.69) is 12.2 Å².